The van der Waals surface area contributed by atoms with Crippen LogP contribution in [0.4, 0.5) is 42.1 Å². The Hall–Kier alpha value is -3.02. The normalized spacial score (nSPS) is 19.9. The lowest BCUT2D eigenvalue weighted by Crippen LogP contribution is -2.27. The molecule has 2 unspecified atom stereocenters. The van der Waals surface area contributed by atoms with Crippen molar-refractivity contribution in [2.45, 2.75) is 22.6 Å². The van der Waals surface area contributed by atoms with Crippen LogP contribution in [0.15, 0.2) is 60.7 Å². The summed E-state index contributed by atoms with van der Waals surface area (Å²) in [6.07, 6.45) is -9.94. The van der Waals surface area contributed by atoms with E-state index >= 15 is 0 Å². The van der Waals surface area contributed by atoms with Gasteiger partial charge in [-0.15, -0.1) is 0 Å². The van der Waals surface area contributed by atoms with Crippen molar-refractivity contribution in [1.29, 1.82) is 0 Å². The maximum absolute atomic E-state index is 13.4. The van der Waals surface area contributed by atoms with Crippen molar-refractivity contribution >= 4 is 58.4 Å². The molecule has 14 heteroatoms. The van der Waals surface area contributed by atoms with Crippen molar-refractivity contribution in [2.24, 2.45) is 5.41 Å². The Labute approximate surface area is 244 Å². The molecule has 0 aliphatic heterocycles. The van der Waals surface area contributed by atoms with Gasteiger partial charge in [-0.05, 0) is 66.2 Å². The zero-order valence-electron chi connectivity index (χ0n) is 20.7. The second-order valence-electron chi connectivity index (χ2n) is 9.44. The van der Waals surface area contributed by atoms with Gasteiger partial charge in [0.25, 0.3) is 5.91 Å². The summed E-state index contributed by atoms with van der Waals surface area (Å²) in [4.78, 5) is 26.5. The van der Waals surface area contributed by atoms with Gasteiger partial charge in [-0.1, -0.05) is 34.8 Å². The van der Waals surface area contributed by atoms with Crippen LogP contribution in [0.25, 0.3) is 0 Å². The Morgan fingerprint density at radius 2 is 1.51 bits per heavy atom. The summed E-state index contributed by atoms with van der Waals surface area (Å²) in [6, 6.07) is 10.1. The number of hydrogen-bond donors (Lipinski definition) is 1. The highest BCUT2D eigenvalue weighted by Gasteiger charge is 2.76. The first-order valence-corrected chi connectivity index (χ1v) is 12.8. The number of nitrogens with zero attached hydrogens (tertiary/aromatic N) is 1. The molecule has 41 heavy (non-hydrogen) atoms. The minimum atomic E-state index is -5.11. The Morgan fingerprint density at radius 3 is 2.02 bits per heavy atom. The molecule has 0 radical (unpaired) electrons. The quantitative estimate of drug-likeness (QED) is 0.160. The summed E-state index contributed by atoms with van der Waals surface area (Å²) in [5.74, 6) is -2.51. The number of amides is 1. The van der Waals surface area contributed by atoms with Crippen LogP contribution in [-0.2, 0) is 17.1 Å². The van der Waals surface area contributed by atoms with Crippen LogP contribution >= 0.6 is 34.8 Å². The molecule has 1 aliphatic rings. The van der Waals surface area contributed by atoms with Crippen molar-refractivity contribution in [3.63, 3.8) is 0 Å². The predicted octanol–water partition coefficient (Wildman–Crippen LogP) is 8.36. The molecular weight excluding hydrogens is 624 g/mol. The SMILES string of the molecule is CN(C(=O)c1cc(NCC2(C=O)C(c3cc(C(F)(F)F)cc(C(F)(F)F)c3)C2(Cl)Cl)ccc1Cl)c1ccc(F)cc1. The Kier molecular flexibility index (Phi) is 8.05. The summed E-state index contributed by atoms with van der Waals surface area (Å²) in [6.45, 7) is -0.408. The van der Waals surface area contributed by atoms with Gasteiger partial charge in [0.05, 0.1) is 27.1 Å². The van der Waals surface area contributed by atoms with Crippen molar-refractivity contribution < 1.29 is 40.3 Å². The van der Waals surface area contributed by atoms with Gasteiger partial charge in [-0.2, -0.15) is 26.3 Å². The molecule has 0 saturated heterocycles. The molecule has 1 amide bonds. The van der Waals surface area contributed by atoms with Crippen LogP contribution in [0.2, 0.25) is 5.02 Å². The van der Waals surface area contributed by atoms with E-state index < -0.39 is 63.0 Å². The van der Waals surface area contributed by atoms with Gasteiger partial charge in [0.2, 0.25) is 0 Å². The maximum Gasteiger partial charge on any atom is 0.416 e. The molecule has 3 aromatic carbocycles. The van der Waals surface area contributed by atoms with Crippen molar-refractivity contribution in [2.75, 3.05) is 23.8 Å². The van der Waals surface area contributed by atoms with Gasteiger partial charge < -0.3 is 15.0 Å². The van der Waals surface area contributed by atoms with Crippen LogP contribution in [0, 0.1) is 11.2 Å². The van der Waals surface area contributed by atoms with Crippen molar-refractivity contribution in [3.05, 3.63) is 93.8 Å². The van der Waals surface area contributed by atoms with Gasteiger partial charge in [0, 0.05) is 30.9 Å². The Morgan fingerprint density at radius 1 is 0.951 bits per heavy atom. The molecule has 0 heterocycles. The maximum atomic E-state index is 13.4. The molecule has 1 aliphatic carbocycles. The predicted molar refractivity (Wildman–Crippen MR) is 141 cm³/mol. The first kappa shape index (κ1) is 30.9. The minimum Gasteiger partial charge on any atom is -0.384 e. The monoisotopic (exact) mass is 640 g/mol. The van der Waals surface area contributed by atoms with Crippen LogP contribution < -0.4 is 10.2 Å². The van der Waals surface area contributed by atoms with Gasteiger partial charge in [0.1, 0.15) is 16.4 Å². The van der Waals surface area contributed by atoms with E-state index in [1.54, 1.807) is 0 Å². The summed E-state index contributed by atoms with van der Waals surface area (Å²) in [7, 11) is 1.43. The smallest absolute Gasteiger partial charge is 0.384 e. The minimum absolute atomic E-state index is 0.00620. The molecular formula is C27H18Cl3F7N2O2. The summed E-state index contributed by atoms with van der Waals surface area (Å²) in [5.41, 5.74) is -4.89. The fourth-order valence-electron chi connectivity index (χ4n) is 4.55. The van der Waals surface area contributed by atoms with Crippen LogP contribution in [0.5, 0.6) is 0 Å². The fraction of sp³-hybridized carbons (Fsp3) is 0.259. The lowest BCUT2D eigenvalue weighted by molar-refractivity contribution is -0.143. The highest BCUT2D eigenvalue weighted by Crippen LogP contribution is 2.73. The average Bonchev–Trinajstić information content (AvgIpc) is 3.40. The number of aldehydes is 1. The largest absolute Gasteiger partial charge is 0.416 e. The average molecular weight is 642 g/mol. The van der Waals surface area contributed by atoms with E-state index in [0.29, 0.717) is 17.8 Å². The molecule has 3 aromatic rings. The van der Waals surface area contributed by atoms with E-state index in [-0.39, 0.29) is 28.6 Å². The number of carbonyl (C=O) groups excluding carboxylic acids is 2. The van der Waals surface area contributed by atoms with E-state index in [1.807, 2.05) is 0 Å². The zero-order chi connectivity index (χ0) is 30.5. The number of benzene rings is 3. The van der Waals surface area contributed by atoms with Crippen LogP contribution in [0.3, 0.4) is 0 Å². The number of alkyl halides is 8. The molecule has 1 fully saturated rings. The van der Waals surface area contributed by atoms with Crippen molar-refractivity contribution in [3.8, 4) is 0 Å². The molecule has 0 bridgehead atoms. The molecule has 1 saturated carbocycles. The molecule has 4 rings (SSSR count). The highest BCUT2D eigenvalue weighted by atomic mass is 35.5. The lowest BCUT2D eigenvalue weighted by atomic mass is 9.96. The number of hydrogen-bond acceptors (Lipinski definition) is 3. The molecule has 0 aromatic heterocycles. The Bertz CT molecular complexity index is 1460. The van der Waals surface area contributed by atoms with E-state index in [1.165, 1.54) is 42.3 Å². The first-order chi connectivity index (χ1) is 18.9. The number of nitrogens with one attached hydrogen (secondary N) is 1. The second kappa shape index (κ2) is 10.7. The third-order valence-electron chi connectivity index (χ3n) is 6.87. The highest BCUT2D eigenvalue weighted by molar-refractivity contribution is 6.54. The van der Waals surface area contributed by atoms with Gasteiger partial charge in [-0.3, -0.25) is 4.79 Å². The summed E-state index contributed by atoms with van der Waals surface area (Å²) >= 11 is 18.8. The number of carbonyl (C=O) groups is 2. The van der Waals surface area contributed by atoms with E-state index in [4.69, 9.17) is 34.8 Å². The summed E-state index contributed by atoms with van der Waals surface area (Å²) < 4.78 is 91.6. The first-order valence-electron chi connectivity index (χ1n) is 11.6. The number of anilines is 2. The lowest BCUT2D eigenvalue weighted by Gasteiger charge is -2.19. The number of rotatable bonds is 7. The molecule has 4 nitrogen and oxygen atoms in total. The Balaban J connectivity index is 1.62. The molecule has 2 atom stereocenters. The van der Waals surface area contributed by atoms with Crippen molar-refractivity contribution in [1.82, 2.24) is 0 Å². The van der Waals surface area contributed by atoms with E-state index in [0.717, 1.165) is 12.1 Å². The molecule has 0 spiro atoms. The molecule has 1 N–H and O–H groups in total. The number of halogens is 10. The van der Waals surface area contributed by atoms with E-state index in [9.17, 15) is 40.3 Å². The van der Waals surface area contributed by atoms with Gasteiger partial charge in [0.15, 0.2) is 0 Å². The standard InChI is InChI=1S/C27H18Cl3F7N2O2/c1-39(19-5-2-17(31)3-6-19)23(41)20-11-18(4-7-21(20)28)38-12-24(13-40)22(25(24,29)30)14-8-15(26(32,33)34)10-16(9-14)27(35,36)37/h2-11,13,22,38H,12H2,1H3. The topological polar surface area (TPSA) is 49.4 Å². The van der Waals surface area contributed by atoms with Gasteiger partial charge in [-0.25, -0.2) is 4.39 Å². The van der Waals surface area contributed by atoms with Crippen LogP contribution in [-0.4, -0.2) is 30.1 Å². The third kappa shape index (κ3) is 5.85. The fourth-order valence-corrected chi connectivity index (χ4v) is 5.72. The van der Waals surface area contributed by atoms with Crippen LogP contribution in [0.1, 0.15) is 33.0 Å². The summed E-state index contributed by atoms with van der Waals surface area (Å²) in [5, 5.41) is 2.88. The molecule has 218 valence electrons. The third-order valence-corrected chi connectivity index (χ3v) is 8.34. The zero-order valence-corrected chi connectivity index (χ0v) is 22.9. The van der Waals surface area contributed by atoms with Gasteiger partial charge >= 0.3 is 12.4 Å². The second-order valence-corrected chi connectivity index (χ2v) is 11.2. The van der Waals surface area contributed by atoms with E-state index in [2.05, 4.69) is 5.32 Å².